The average molecular weight is 337 g/mol. The van der Waals surface area contributed by atoms with Crippen LogP contribution in [0.3, 0.4) is 0 Å². The Kier molecular flexibility index (Phi) is 3.60. The number of carbonyl (C=O) groups is 1. The van der Waals surface area contributed by atoms with Crippen molar-refractivity contribution in [3.05, 3.63) is 41.5 Å². The summed E-state index contributed by atoms with van der Waals surface area (Å²) in [6.45, 7) is 3.26. The van der Waals surface area contributed by atoms with Gasteiger partial charge >= 0.3 is 0 Å². The zero-order valence-electron chi connectivity index (χ0n) is 14.4. The van der Waals surface area contributed by atoms with Crippen molar-refractivity contribution in [3.63, 3.8) is 0 Å². The van der Waals surface area contributed by atoms with Gasteiger partial charge in [-0.05, 0) is 36.8 Å². The molecule has 1 amide bonds. The van der Waals surface area contributed by atoms with Gasteiger partial charge < -0.3 is 19.4 Å². The van der Waals surface area contributed by atoms with E-state index in [0.717, 1.165) is 28.0 Å². The number of imidazole rings is 1. The van der Waals surface area contributed by atoms with Crippen molar-refractivity contribution >= 4 is 16.9 Å². The van der Waals surface area contributed by atoms with E-state index in [1.165, 1.54) is 0 Å². The Balaban J connectivity index is 2.01. The summed E-state index contributed by atoms with van der Waals surface area (Å²) in [6, 6.07) is 9.53. The molecule has 0 fully saturated rings. The Morgan fingerprint density at radius 1 is 1.12 bits per heavy atom. The highest BCUT2D eigenvalue weighted by molar-refractivity contribution is 6.06. The maximum absolute atomic E-state index is 12.3. The number of nitrogens with one attached hydrogen (secondary N) is 1. The van der Waals surface area contributed by atoms with Crippen LogP contribution in [-0.2, 0) is 6.54 Å². The first-order valence-corrected chi connectivity index (χ1v) is 8.14. The first-order chi connectivity index (χ1) is 12.1. The third-order valence-corrected chi connectivity index (χ3v) is 4.60. The van der Waals surface area contributed by atoms with Crippen molar-refractivity contribution in [1.29, 1.82) is 0 Å². The lowest BCUT2D eigenvalue weighted by atomic mass is 10.1. The first-order valence-electron chi connectivity index (χ1n) is 8.14. The van der Waals surface area contributed by atoms with Crippen LogP contribution in [0.5, 0.6) is 11.5 Å². The van der Waals surface area contributed by atoms with Crippen LogP contribution in [0.4, 0.5) is 0 Å². The van der Waals surface area contributed by atoms with Gasteiger partial charge in [-0.2, -0.15) is 0 Å². The van der Waals surface area contributed by atoms with Gasteiger partial charge in [-0.3, -0.25) is 4.79 Å². The molecule has 0 bridgehead atoms. The molecule has 1 aliphatic rings. The molecular weight excluding hydrogens is 318 g/mol. The van der Waals surface area contributed by atoms with Gasteiger partial charge in [-0.15, -0.1) is 0 Å². The lowest BCUT2D eigenvalue weighted by molar-refractivity contribution is 0.0956. The minimum absolute atomic E-state index is 0.0557. The van der Waals surface area contributed by atoms with Gasteiger partial charge in [0.25, 0.3) is 5.91 Å². The number of aryl methyl sites for hydroxylation is 1. The van der Waals surface area contributed by atoms with Gasteiger partial charge in [0.15, 0.2) is 11.5 Å². The molecule has 6 heteroatoms. The van der Waals surface area contributed by atoms with E-state index in [2.05, 4.69) is 9.88 Å². The molecule has 0 atom stereocenters. The lowest BCUT2D eigenvalue weighted by Gasteiger charge is -2.14. The first kappa shape index (κ1) is 15.5. The van der Waals surface area contributed by atoms with E-state index in [4.69, 9.17) is 14.5 Å². The molecule has 6 nitrogen and oxygen atoms in total. The maximum atomic E-state index is 12.3. The summed E-state index contributed by atoms with van der Waals surface area (Å²) in [7, 11) is 3.24. The molecule has 1 aliphatic heterocycles. The molecule has 1 aromatic heterocycles. The number of carbonyl (C=O) groups excluding carboxylic acids is 1. The van der Waals surface area contributed by atoms with Crippen LogP contribution in [-0.4, -0.2) is 36.2 Å². The zero-order valence-corrected chi connectivity index (χ0v) is 14.4. The predicted molar refractivity (Wildman–Crippen MR) is 95.3 cm³/mol. The van der Waals surface area contributed by atoms with Crippen LogP contribution in [0.25, 0.3) is 22.4 Å². The summed E-state index contributed by atoms with van der Waals surface area (Å²) in [5.41, 5.74) is 4.36. The molecule has 1 N–H and O–H groups in total. The number of hydrogen-bond donors (Lipinski definition) is 1. The largest absolute Gasteiger partial charge is 0.493 e. The van der Waals surface area contributed by atoms with Crippen molar-refractivity contribution < 1.29 is 14.3 Å². The van der Waals surface area contributed by atoms with Crippen LogP contribution >= 0.6 is 0 Å². The minimum atomic E-state index is -0.0557. The highest BCUT2D eigenvalue weighted by Gasteiger charge is 2.23. The second-order valence-corrected chi connectivity index (χ2v) is 6.04. The molecule has 4 rings (SSSR count). The Morgan fingerprint density at radius 3 is 2.64 bits per heavy atom. The normalized spacial score (nSPS) is 13.5. The zero-order chi connectivity index (χ0) is 17.6. The Hall–Kier alpha value is -3.02. The van der Waals surface area contributed by atoms with Gasteiger partial charge in [-0.1, -0.05) is 6.07 Å². The van der Waals surface area contributed by atoms with Gasteiger partial charge in [0.1, 0.15) is 5.82 Å². The number of methoxy groups -OCH3 is 2. The summed E-state index contributed by atoms with van der Waals surface area (Å²) in [5, 5.41) is 2.94. The smallest absolute Gasteiger partial charge is 0.253 e. The van der Waals surface area contributed by atoms with E-state index in [-0.39, 0.29) is 5.91 Å². The SMILES string of the molecule is COc1cc(C)c(-c2nc3cccc4c3n2CCNC4=O)cc1OC. The van der Waals surface area contributed by atoms with Gasteiger partial charge in [0.05, 0.1) is 30.8 Å². The highest BCUT2D eigenvalue weighted by atomic mass is 16.5. The fourth-order valence-corrected chi connectivity index (χ4v) is 3.39. The van der Waals surface area contributed by atoms with Crippen molar-refractivity contribution in [2.45, 2.75) is 13.5 Å². The molecule has 3 aromatic rings. The van der Waals surface area contributed by atoms with E-state index in [1.54, 1.807) is 14.2 Å². The summed E-state index contributed by atoms with van der Waals surface area (Å²) < 4.78 is 12.9. The van der Waals surface area contributed by atoms with E-state index in [9.17, 15) is 4.79 Å². The summed E-state index contributed by atoms with van der Waals surface area (Å²) >= 11 is 0. The molecule has 0 saturated heterocycles. The third kappa shape index (κ3) is 2.33. The topological polar surface area (TPSA) is 65.4 Å². The molecule has 0 aliphatic carbocycles. The van der Waals surface area contributed by atoms with Crippen molar-refractivity contribution in [3.8, 4) is 22.9 Å². The van der Waals surface area contributed by atoms with Gasteiger partial charge in [-0.25, -0.2) is 4.98 Å². The Morgan fingerprint density at radius 2 is 1.88 bits per heavy atom. The van der Waals surface area contributed by atoms with Crippen molar-refractivity contribution in [2.75, 3.05) is 20.8 Å². The fraction of sp³-hybridized carbons (Fsp3) is 0.263. The minimum Gasteiger partial charge on any atom is -0.493 e. The quantitative estimate of drug-likeness (QED) is 0.798. The molecule has 2 heterocycles. The monoisotopic (exact) mass is 337 g/mol. The molecule has 0 saturated carbocycles. The maximum Gasteiger partial charge on any atom is 0.253 e. The van der Waals surface area contributed by atoms with E-state index in [1.807, 2.05) is 37.3 Å². The molecule has 25 heavy (non-hydrogen) atoms. The van der Waals surface area contributed by atoms with Gasteiger partial charge in [0.2, 0.25) is 0 Å². The summed E-state index contributed by atoms with van der Waals surface area (Å²) in [4.78, 5) is 17.1. The number of rotatable bonds is 3. The van der Waals surface area contributed by atoms with E-state index >= 15 is 0 Å². The molecule has 128 valence electrons. The van der Waals surface area contributed by atoms with Crippen LogP contribution < -0.4 is 14.8 Å². The Labute approximate surface area is 145 Å². The average Bonchev–Trinajstić information content (AvgIpc) is 2.90. The highest BCUT2D eigenvalue weighted by Crippen LogP contribution is 2.37. The third-order valence-electron chi connectivity index (χ3n) is 4.60. The standard InChI is InChI=1S/C19H19N3O3/c1-11-9-15(24-2)16(25-3)10-13(11)18-21-14-6-4-5-12-17(14)22(18)8-7-20-19(12)23/h4-6,9-10H,7-8H2,1-3H3,(H,20,23). The number of amides is 1. The molecule has 0 spiro atoms. The number of nitrogens with zero attached hydrogens (tertiary/aromatic N) is 2. The Bertz CT molecular complexity index is 991. The van der Waals surface area contributed by atoms with Crippen molar-refractivity contribution in [2.24, 2.45) is 0 Å². The van der Waals surface area contributed by atoms with Crippen LogP contribution in [0.1, 0.15) is 15.9 Å². The predicted octanol–water partition coefficient (Wildman–Crippen LogP) is 2.77. The molecule has 0 unspecified atom stereocenters. The number of aromatic nitrogens is 2. The second-order valence-electron chi connectivity index (χ2n) is 6.04. The fourth-order valence-electron chi connectivity index (χ4n) is 3.39. The van der Waals surface area contributed by atoms with Crippen LogP contribution in [0.15, 0.2) is 30.3 Å². The van der Waals surface area contributed by atoms with E-state index < -0.39 is 0 Å². The molecule has 2 aromatic carbocycles. The number of para-hydroxylation sites is 1. The number of benzene rings is 2. The number of ether oxygens (including phenoxy) is 2. The van der Waals surface area contributed by atoms with Gasteiger partial charge in [0, 0.05) is 18.7 Å². The molecular formula is C19H19N3O3. The number of hydrogen-bond acceptors (Lipinski definition) is 4. The molecule has 0 radical (unpaired) electrons. The van der Waals surface area contributed by atoms with Crippen LogP contribution in [0.2, 0.25) is 0 Å². The summed E-state index contributed by atoms with van der Waals surface area (Å²) in [5.74, 6) is 2.12. The van der Waals surface area contributed by atoms with Crippen LogP contribution in [0, 0.1) is 6.92 Å². The summed E-state index contributed by atoms with van der Waals surface area (Å²) in [6.07, 6.45) is 0. The van der Waals surface area contributed by atoms with Crippen molar-refractivity contribution in [1.82, 2.24) is 14.9 Å². The van der Waals surface area contributed by atoms with E-state index in [0.29, 0.717) is 30.2 Å². The lowest BCUT2D eigenvalue weighted by Crippen LogP contribution is -2.24. The second kappa shape index (κ2) is 5.81.